The Hall–Kier alpha value is -2.46. The highest BCUT2D eigenvalue weighted by Gasteiger charge is 2.28. The SMILES string of the molecule is CC(C)(C)OC(=O)N(CC(O)C[N+](=O)[O-])c1ccc(N2CCOCC2)c(F)c1. The number of nitro groups is 1. The lowest BCUT2D eigenvalue weighted by Gasteiger charge is -2.31. The maximum absolute atomic E-state index is 14.7. The van der Waals surface area contributed by atoms with Gasteiger partial charge in [-0.1, -0.05) is 0 Å². The number of ether oxygens (including phenoxy) is 2. The van der Waals surface area contributed by atoms with Gasteiger partial charge < -0.3 is 19.5 Å². The van der Waals surface area contributed by atoms with E-state index in [0.29, 0.717) is 32.0 Å². The monoisotopic (exact) mass is 399 g/mol. The van der Waals surface area contributed by atoms with E-state index in [0.717, 1.165) is 11.0 Å². The van der Waals surface area contributed by atoms with E-state index in [1.165, 1.54) is 12.1 Å². The molecule has 0 saturated carbocycles. The Balaban J connectivity index is 2.26. The summed E-state index contributed by atoms with van der Waals surface area (Å²) in [6, 6.07) is 4.22. The second kappa shape index (κ2) is 9.16. The number of carbonyl (C=O) groups excluding carboxylic acids is 1. The molecule has 0 spiro atoms. The molecule has 1 N–H and O–H groups in total. The molecule has 1 aromatic rings. The zero-order valence-electron chi connectivity index (χ0n) is 16.3. The molecular formula is C18H26FN3O6. The van der Waals surface area contributed by atoms with Crippen molar-refractivity contribution in [3.8, 4) is 0 Å². The summed E-state index contributed by atoms with van der Waals surface area (Å²) < 4.78 is 25.3. The summed E-state index contributed by atoms with van der Waals surface area (Å²) in [5, 5.41) is 20.6. The predicted molar refractivity (Wildman–Crippen MR) is 101 cm³/mol. The van der Waals surface area contributed by atoms with Crippen LogP contribution >= 0.6 is 0 Å². The van der Waals surface area contributed by atoms with E-state index in [2.05, 4.69) is 0 Å². The highest BCUT2D eigenvalue weighted by atomic mass is 19.1. The average Bonchev–Trinajstić information content (AvgIpc) is 2.58. The van der Waals surface area contributed by atoms with E-state index in [-0.39, 0.29) is 5.69 Å². The number of aliphatic hydroxyl groups excluding tert-OH is 1. The first kappa shape index (κ1) is 21.8. The minimum atomic E-state index is -1.43. The standard InChI is InChI=1S/C18H26FN3O6/c1-18(2,3)28-17(24)21(11-14(23)12-22(25)26)13-4-5-16(15(19)10-13)20-6-8-27-9-7-20/h4-5,10,14,23H,6-9,11-12H2,1-3H3. The van der Waals surface area contributed by atoms with Crippen LogP contribution in [0.4, 0.5) is 20.6 Å². The van der Waals surface area contributed by atoms with Crippen molar-refractivity contribution in [3.63, 3.8) is 0 Å². The van der Waals surface area contributed by atoms with Crippen LogP contribution in [0, 0.1) is 15.9 Å². The molecule has 0 aliphatic carbocycles. The molecule has 0 radical (unpaired) electrons. The van der Waals surface area contributed by atoms with Crippen LogP contribution in [0.1, 0.15) is 20.8 Å². The quantitative estimate of drug-likeness (QED) is 0.576. The van der Waals surface area contributed by atoms with Gasteiger partial charge in [0.2, 0.25) is 6.54 Å². The molecule has 28 heavy (non-hydrogen) atoms. The fourth-order valence-corrected chi connectivity index (χ4v) is 2.77. The predicted octanol–water partition coefficient (Wildman–Crippen LogP) is 2.04. The number of benzene rings is 1. The normalized spacial score (nSPS) is 15.8. The molecule has 156 valence electrons. The molecule has 1 saturated heterocycles. The summed E-state index contributed by atoms with van der Waals surface area (Å²) in [6.45, 7) is 5.95. The van der Waals surface area contributed by atoms with Crippen molar-refractivity contribution in [1.82, 2.24) is 0 Å². The van der Waals surface area contributed by atoms with Crippen LogP contribution in [0.3, 0.4) is 0 Å². The summed E-state index contributed by atoms with van der Waals surface area (Å²) in [6.07, 6.45) is -2.25. The van der Waals surface area contributed by atoms with Gasteiger partial charge in [-0.05, 0) is 39.0 Å². The molecule has 1 heterocycles. The minimum Gasteiger partial charge on any atom is -0.443 e. The third-order valence-electron chi connectivity index (χ3n) is 3.96. The fourth-order valence-electron chi connectivity index (χ4n) is 2.77. The van der Waals surface area contributed by atoms with E-state index in [1.54, 1.807) is 20.8 Å². The first-order chi connectivity index (χ1) is 13.1. The zero-order valence-corrected chi connectivity index (χ0v) is 16.3. The van der Waals surface area contributed by atoms with E-state index in [4.69, 9.17) is 9.47 Å². The molecule has 1 fully saturated rings. The van der Waals surface area contributed by atoms with Gasteiger partial charge in [-0.25, -0.2) is 9.18 Å². The summed E-state index contributed by atoms with van der Waals surface area (Å²) in [5.41, 5.74) is -0.302. The molecule has 1 aromatic carbocycles. The van der Waals surface area contributed by atoms with Gasteiger partial charge in [0.25, 0.3) is 0 Å². The first-order valence-electron chi connectivity index (χ1n) is 8.99. The van der Waals surface area contributed by atoms with Crippen LogP contribution in [0.25, 0.3) is 0 Å². The van der Waals surface area contributed by atoms with Gasteiger partial charge in [-0.3, -0.25) is 15.0 Å². The number of nitrogens with zero attached hydrogens (tertiary/aromatic N) is 3. The van der Waals surface area contributed by atoms with Gasteiger partial charge in [-0.15, -0.1) is 0 Å². The number of morpholine rings is 1. The van der Waals surface area contributed by atoms with Crippen molar-refractivity contribution in [2.75, 3.05) is 49.2 Å². The van der Waals surface area contributed by atoms with Gasteiger partial charge in [-0.2, -0.15) is 0 Å². The zero-order chi connectivity index (χ0) is 20.9. The van der Waals surface area contributed by atoms with Gasteiger partial charge in [0, 0.05) is 18.0 Å². The second-order valence-corrected chi connectivity index (χ2v) is 7.50. The topological polar surface area (TPSA) is 105 Å². The molecule has 0 bridgehead atoms. The lowest BCUT2D eigenvalue weighted by molar-refractivity contribution is -0.489. The Labute approximate surface area is 162 Å². The lowest BCUT2D eigenvalue weighted by atomic mass is 10.2. The largest absolute Gasteiger partial charge is 0.443 e. The highest BCUT2D eigenvalue weighted by molar-refractivity contribution is 5.88. The van der Waals surface area contributed by atoms with E-state index < -0.39 is 41.6 Å². The molecule has 1 unspecified atom stereocenters. The lowest BCUT2D eigenvalue weighted by Crippen LogP contribution is -2.43. The van der Waals surface area contributed by atoms with Crippen molar-refractivity contribution in [3.05, 3.63) is 34.1 Å². The number of anilines is 2. The van der Waals surface area contributed by atoms with Crippen LogP contribution in [0.5, 0.6) is 0 Å². The Kier molecular flexibility index (Phi) is 7.14. The molecule has 1 aliphatic heterocycles. The number of aliphatic hydroxyl groups is 1. The molecule has 1 aliphatic rings. The van der Waals surface area contributed by atoms with Gasteiger partial charge >= 0.3 is 6.09 Å². The van der Waals surface area contributed by atoms with Gasteiger partial charge in [0.05, 0.1) is 31.1 Å². The van der Waals surface area contributed by atoms with Crippen LogP contribution < -0.4 is 9.80 Å². The third-order valence-corrected chi connectivity index (χ3v) is 3.96. The number of carbonyl (C=O) groups is 1. The molecule has 10 heteroatoms. The maximum atomic E-state index is 14.7. The highest BCUT2D eigenvalue weighted by Crippen LogP contribution is 2.27. The summed E-state index contributed by atoms with van der Waals surface area (Å²) in [5.74, 6) is -0.545. The molecular weight excluding hydrogens is 373 g/mol. The van der Waals surface area contributed by atoms with Crippen LogP contribution in [-0.4, -0.2) is 67.2 Å². The number of rotatable bonds is 6. The second-order valence-electron chi connectivity index (χ2n) is 7.50. The summed E-state index contributed by atoms with van der Waals surface area (Å²) in [4.78, 5) is 25.3. The van der Waals surface area contributed by atoms with Gasteiger partial charge in [0.1, 0.15) is 17.5 Å². The molecule has 1 atom stereocenters. The average molecular weight is 399 g/mol. The Morgan fingerprint density at radius 3 is 2.61 bits per heavy atom. The van der Waals surface area contributed by atoms with E-state index >= 15 is 0 Å². The summed E-state index contributed by atoms with van der Waals surface area (Å²) >= 11 is 0. The molecule has 2 rings (SSSR count). The Morgan fingerprint density at radius 1 is 1.43 bits per heavy atom. The van der Waals surface area contributed by atoms with Crippen molar-refractivity contribution >= 4 is 17.5 Å². The fraction of sp³-hybridized carbons (Fsp3) is 0.611. The minimum absolute atomic E-state index is 0.145. The third kappa shape index (κ3) is 6.31. The maximum Gasteiger partial charge on any atom is 0.414 e. The first-order valence-corrected chi connectivity index (χ1v) is 8.99. The van der Waals surface area contributed by atoms with Gasteiger partial charge in [0.15, 0.2) is 0 Å². The Bertz CT molecular complexity index is 703. The molecule has 0 aromatic heterocycles. The number of amides is 1. The van der Waals surface area contributed by atoms with Crippen molar-refractivity contribution in [1.29, 1.82) is 0 Å². The number of hydrogen-bond acceptors (Lipinski definition) is 7. The van der Waals surface area contributed by atoms with E-state index in [9.17, 15) is 24.4 Å². The van der Waals surface area contributed by atoms with Crippen LogP contribution in [0.2, 0.25) is 0 Å². The van der Waals surface area contributed by atoms with Crippen molar-refractivity contribution in [2.45, 2.75) is 32.5 Å². The van der Waals surface area contributed by atoms with Crippen molar-refractivity contribution < 1.29 is 28.7 Å². The van der Waals surface area contributed by atoms with E-state index in [1.807, 2.05) is 4.90 Å². The molecule has 1 amide bonds. The summed E-state index contributed by atoms with van der Waals surface area (Å²) in [7, 11) is 0. The number of hydrogen-bond donors (Lipinski definition) is 1. The smallest absolute Gasteiger partial charge is 0.414 e. The Morgan fingerprint density at radius 2 is 2.07 bits per heavy atom. The van der Waals surface area contributed by atoms with Crippen molar-refractivity contribution in [2.24, 2.45) is 0 Å². The van der Waals surface area contributed by atoms with Crippen LogP contribution in [0.15, 0.2) is 18.2 Å². The number of halogens is 1. The van der Waals surface area contributed by atoms with Crippen LogP contribution in [-0.2, 0) is 9.47 Å². The molecule has 9 nitrogen and oxygen atoms in total.